The van der Waals surface area contributed by atoms with Gasteiger partial charge in [-0.2, -0.15) is 0 Å². The number of carbonyl (C=O) groups is 1. The van der Waals surface area contributed by atoms with E-state index in [0.717, 1.165) is 17.0 Å². The first-order valence-electron chi connectivity index (χ1n) is 9.17. The van der Waals surface area contributed by atoms with Gasteiger partial charge in [-0.1, -0.05) is 11.8 Å². The molecule has 1 N–H and O–H groups in total. The summed E-state index contributed by atoms with van der Waals surface area (Å²) in [4.78, 5) is 16.2. The van der Waals surface area contributed by atoms with Crippen molar-refractivity contribution >= 4 is 17.7 Å². The zero-order valence-corrected chi connectivity index (χ0v) is 16.9. The lowest BCUT2D eigenvalue weighted by Gasteiger charge is -2.14. The normalized spacial score (nSPS) is 11.8. The molecule has 3 aromatic rings. The highest BCUT2D eigenvalue weighted by Crippen LogP contribution is 2.30. The molecular formula is C20H23N5O2S. The zero-order valence-electron chi connectivity index (χ0n) is 16.1. The molecule has 1 amide bonds. The highest BCUT2D eigenvalue weighted by atomic mass is 32.2. The van der Waals surface area contributed by atoms with Crippen molar-refractivity contribution in [1.82, 2.24) is 25.1 Å². The number of thioether (sulfide) groups is 1. The Kier molecular flexibility index (Phi) is 6.65. The third kappa shape index (κ3) is 4.51. The summed E-state index contributed by atoms with van der Waals surface area (Å²) < 4.78 is 7.49. The minimum Gasteiger partial charge on any atom is -0.494 e. The number of pyridine rings is 1. The molecule has 0 aliphatic carbocycles. The van der Waals surface area contributed by atoms with Gasteiger partial charge in [0, 0.05) is 30.2 Å². The van der Waals surface area contributed by atoms with Crippen molar-refractivity contribution in [3.05, 3.63) is 48.8 Å². The zero-order chi connectivity index (χ0) is 19.9. The van der Waals surface area contributed by atoms with Crippen LogP contribution in [0.4, 0.5) is 0 Å². The molecule has 0 aliphatic heterocycles. The van der Waals surface area contributed by atoms with E-state index < -0.39 is 0 Å². The van der Waals surface area contributed by atoms with Crippen molar-refractivity contribution in [2.75, 3.05) is 13.2 Å². The average Bonchev–Trinajstić information content (AvgIpc) is 3.13. The van der Waals surface area contributed by atoms with Gasteiger partial charge in [0.05, 0.1) is 11.9 Å². The predicted octanol–water partition coefficient (Wildman–Crippen LogP) is 3.34. The van der Waals surface area contributed by atoms with Crippen LogP contribution in [0.15, 0.2) is 53.9 Å². The summed E-state index contributed by atoms with van der Waals surface area (Å²) >= 11 is 1.37. The van der Waals surface area contributed by atoms with Crippen molar-refractivity contribution in [3.8, 4) is 22.8 Å². The molecule has 0 saturated heterocycles. The summed E-state index contributed by atoms with van der Waals surface area (Å²) in [5.41, 5.74) is 1.79. The molecule has 1 atom stereocenters. The number of carbonyl (C=O) groups excluding carboxylic acids is 1. The average molecular weight is 398 g/mol. The number of hydrogen-bond donors (Lipinski definition) is 1. The molecule has 1 aromatic carbocycles. The lowest BCUT2D eigenvalue weighted by Crippen LogP contribution is -2.30. The maximum atomic E-state index is 12.2. The Labute approximate surface area is 168 Å². The van der Waals surface area contributed by atoms with Gasteiger partial charge in [0.25, 0.3) is 0 Å². The molecule has 0 bridgehead atoms. The number of nitrogens with one attached hydrogen (secondary N) is 1. The smallest absolute Gasteiger partial charge is 0.233 e. The Morgan fingerprint density at radius 1 is 1.14 bits per heavy atom. The number of rotatable bonds is 8. The van der Waals surface area contributed by atoms with Crippen LogP contribution < -0.4 is 10.1 Å². The van der Waals surface area contributed by atoms with Crippen LogP contribution in [-0.4, -0.2) is 44.1 Å². The van der Waals surface area contributed by atoms with Crippen LogP contribution in [-0.2, 0) is 4.79 Å². The Morgan fingerprint density at radius 2 is 1.86 bits per heavy atom. The Hall–Kier alpha value is -2.87. The Balaban J connectivity index is 2.01. The number of hydrogen-bond acceptors (Lipinski definition) is 6. The number of amides is 1. The summed E-state index contributed by atoms with van der Waals surface area (Å²) in [6.07, 6.45) is 3.44. The van der Waals surface area contributed by atoms with Crippen LogP contribution in [0.25, 0.3) is 17.1 Å². The van der Waals surface area contributed by atoms with Gasteiger partial charge in [0.1, 0.15) is 5.75 Å². The van der Waals surface area contributed by atoms with Gasteiger partial charge in [-0.3, -0.25) is 14.3 Å². The van der Waals surface area contributed by atoms with E-state index in [0.29, 0.717) is 24.1 Å². The fourth-order valence-corrected chi connectivity index (χ4v) is 3.55. The molecule has 0 fully saturated rings. The van der Waals surface area contributed by atoms with Gasteiger partial charge in [0.15, 0.2) is 11.0 Å². The number of nitrogens with zero attached hydrogens (tertiary/aromatic N) is 4. The van der Waals surface area contributed by atoms with E-state index in [2.05, 4.69) is 20.5 Å². The fraction of sp³-hybridized carbons (Fsp3) is 0.300. The van der Waals surface area contributed by atoms with Crippen molar-refractivity contribution in [1.29, 1.82) is 0 Å². The minimum absolute atomic E-state index is 0.0285. The number of benzene rings is 1. The van der Waals surface area contributed by atoms with Gasteiger partial charge in [-0.05, 0) is 57.2 Å². The lowest BCUT2D eigenvalue weighted by atomic mass is 10.2. The van der Waals surface area contributed by atoms with Gasteiger partial charge in [0.2, 0.25) is 5.91 Å². The monoisotopic (exact) mass is 397 g/mol. The molecule has 3 rings (SSSR count). The van der Waals surface area contributed by atoms with Gasteiger partial charge >= 0.3 is 0 Å². The first-order chi connectivity index (χ1) is 13.6. The fourth-order valence-electron chi connectivity index (χ4n) is 2.65. The van der Waals surface area contributed by atoms with Crippen LogP contribution >= 0.6 is 11.8 Å². The summed E-state index contributed by atoms with van der Waals surface area (Å²) in [5.74, 6) is 1.46. The highest BCUT2D eigenvalue weighted by molar-refractivity contribution is 8.00. The van der Waals surface area contributed by atoms with Crippen LogP contribution in [0, 0.1) is 0 Å². The molecule has 28 heavy (non-hydrogen) atoms. The second-order valence-corrected chi connectivity index (χ2v) is 7.27. The maximum Gasteiger partial charge on any atom is 0.233 e. The van der Waals surface area contributed by atoms with E-state index in [1.54, 1.807) is 12.4 Å². The van der Waals surface area contributed by atoms with Crippen LogP contribution in [0.2, 0.25) is 0 Å². The molecule has 0 saturated carbocycles. The molecule has 0 unspecified atom stereocenters. The number of aromatic nitrogens is 4. The standard InChI is InChI=1S/C20H23N5O2S/c1-4-22-19(26)14(3)28-20-24-23-18(15-10-12-21-13-11-15)25(20)16-6-8-17(9-7-16)27-5-2/h6-14H,4-5H2,1-3H3,(H,22,26)/t14-/m1/s1. The third-order valence-electron chi connectivity index (χ3n) is 3.98. The molecule has 8 heteroatoms. The van der Waals surface area contributed by atoms with Crippen molar-refractivity contribution < 1.29 is 9.53 Å². The van der Waals surface area contributed by atoms with Crippen molar-refractivity contribution in [3.63, 3.8) is 0 Å². The molecule has 0 aliphatic rings. The van der Waals surface area contributed by atoms with E-state index in [1.165, 1.54) is 11.8 Å². The second-order valence-electron chi connectivity index (χ2n) is 5.96. The molecular weight excluding hydrogens is 374 g/mol. The van der Waals surface area contributed by atoms with Gasteiger partial charge in [-0.25, -0.2) is 0 Å². The summed E-state index contributed by atoms with van der Waals surface area (Å²) in [6, 6.07) is 11.5. The lowest BCUT2D eigenvalue weighted by molar-refractivity contribution is -0.120. The first-order valence-corrected chi connectivity index (χ1v) is 10.1. The third-order valence-corrected chi connectivity index (χ3v) is 5.02. The van der Waals surface area contributed by atoms with Crippen LogP contribution in [0.5, 0.6) is 5.75 Å². The van der Waals surface area contributed by atoms with Crippen LogP contribution in [0.1, 0.15) is 20.8 Å². The summed E-state index contributed by atoms with van der Waals surface area (Å²) in [5, 5.41) is 11.9. The van der Waals surface area contributed by atoms with Gasteiger partial charge < -0.3 is 10.1 Å². The van der Waals surface area contributed by atoms with Crippen molar-refractivity contribution in [2.45, 2.75) is 31.2 Å². The largest absolute Gasteiger partial charge is 0.494 e. The highest BCUT2D eigenvalue weighted by Gasteiger charge is 2.21. The predicted molar refractivity (Wildman–Crippen MR) is 110 cm³/mol. The van der Waals surface area contributed by atoms with Gasteiger partial charge in [-0.15, -0.1) is 10.2 Å². The first kappa shape index (κ1) is 19.9. The molecule has 146 valence electrons. The second kappa shape index (κ2) is 9.36. The Bertz CT molecular complexity index is 912. The minimum atomic E-state index is -0.295. The van der Waals surface area contributed by atoms with E-state index in [1.807, 2.05) is 61.7 Å². The molecule has 7 nitrogen and oxygen atoms in total. The Morgan fingerprint density at radius 3 is 2.50 bits per heavy atom. The molecule has 2 heterocycles. The SMILES string of the molecule is CCNC(=O)[C@@H](C)Sc1nnc(-c2ccncc2)n1-c1ccc(OCC)cc1. The summed E-state index contributed by atoms with van der Waals surface area (Å²) in [6.45, 7) is 6.92. The topological polar surface area (TPSA) is 81.9 Å². The van der Waals surface area contributed by atoms with E-state index in [4.69, 9.17) is 4.74 Å². The maximum absolute atomic E-state index is 12.2. The molecule has 2 aromatic heterocycles. The van der Waals surface area contributed by atoms with E-state index in [-0.39, 0.29) is 11.2 Å². The van der Waals surface area contributed by atoms with E-state index in [9.17, 15) is 4.79 Å². The molecule has 0 spiro atoms. The number of ether oxygens (including phenoxy) is 1. The summed E-state index contributed by atoms with van der Waals surface area (Å²) in [7, 11) is 0. The van der Waals surface area contributed by atoms with Crippen molar-refractivity contribution in [2.24, 2.45) is 0 Å². The quantitative estimate of drug-likeness (QED) is 0.587. The van der Waals surface area contributed by atoms with Crippen LogP contribution in [0.3, 0.4) is 0 Å². The molecule has 0 radical (unpaired) electrons. The van der Waals surface area contributed by atoms with E-state index >= 15 is 0 Å².